The lowest BCUT2D eigenvalue weighted by atomic mass is 10.0. The number of alkyl halides is 3. The molecule has 0 unspecified atom stereocenters. The molecular formula is C26H19ClF3N5O2S2. The number of anilines is 1. The van der Waals surface area contributed by atoms with Crippen LogP contribution in [0.4, 0.5) is 18.9 Å². The maximum Gasteiger partial charge on any atom is 0.451 e. The van der Waals surface area contributed by atoms with E-state index in [0.717, 1.165) is 53.4 Å². The number of fused-ring (bicyclic) bond motifs is 3. The first-order chi connectivity index (χ1) is 18.7. The van der Waals surface area contributed by atoms with Crippen LogP contribution < -0.4 is 10.3 Å². The van der Waals surface area contributed by atoms with Crippen LogP contribution in [0.1, 0.15) is 35.7 Å². The van der Waals surface area contributed by atoms with E-state index in [9.17, 15) is 23.1 Å². The summed E-state index contributed by atoms with van der Waals surface area (Å²) in [7, 11) is 0. The summed E-state index contributed by atoms with van der Waals surface area (Å²) < 4.78 is 44.2. The van der Waals surface area contributed by atoms with Gasteiger partial charge >= 0.3 is 6.18 Å². The second-order valence-corrected chi connectivity index (χ2v) is 11.2. The first-order valence-corrected chi connectivity index (χ1v) is 14.2. The molecule has 1 aliphatic rings. The van der Waals surface area contributed by atoms with Crippen LogP contribution in [0.5, 0.6) is 5.75 Å². The van der Waals surface area contributed by atoms with Gasteiger partial charge in [0.05, 0.1) is 21.7 Å². The van der Waals surface area contributed by atoms with E-state index < -0.39 is 17.6 Å². The van der Waals surface area contributed by atoms with E-state index in [-0.39, 0.29) is 17.3 Å². The fourth-order valence-electron chi connectivity index (χ4n) is 4.58. The quantitative estimate of drug-likeness (QED) is 0.205. The van der Waals surface area contributed by atoms with Crippen molar-refractivity contribution >= 4 is 60.9 Å². The zero-order valence-corrected chi connectivity index (χ0v) is 22.6. The molecule has 5 aromatic rings. The maximum atomic E-state index is 14.1. The van der Waals surface area contributed by atoms with Crippen LogP contribution in [0, 0.1) is 0 Å². The van der Waals surface area contributed by atoms with Crippen molar-refractivity contribution in [3.05, 3.63) is 75.1 Å². The third-order valence-corrected chi connectivity index (χ3v) is 8.37. The van der Waals surface area contributed by atoms with E-state index in [1.165, 1.54) is 22.6 Å². The third-order valence-electron chi connectivity index (χ3n) is 6.52. The van der Waals surface area contributed by atoms with Gasteiger partial charge in [-0.3, -0.25) is 9.36 Å². The van der Waals surface area contributed by atoms with Gasteiger partial charge in [0, 0.05) is 40.8 Å². The molecule has 1 saturated carbocycles. The molecule has 0 atom stereocenters. The number of nitrogens with one attached hydrogen (secondary N) is 1. The van der Waals surface area contributed by atoms with E-state index in [1.807, 2.05) is 24.5 Å². The molecule has 39 heavy (non-hydrogen) atoms. The molecule has 7 nitrogen and oxygen atoms in total. The minimum absolute atomic E-state index is 0.0962. The number of aromatic nitrogens is 4. The number of phenolic OH excluding ortho intramolecular Hbond substituents is 1. The minimum atomic E-state index is -4.68. The van der Waals surface area contributed by atoms with Crippen LogP contribution >= 0.6 is 34.9 Å². The Hall–Kier alpha value is -3.35. The molecule has 0 spiro atoms. The fourth-order valence-corrected chi connectivity index (χ4v) is 6.27. The Morgan fingerprint density at radius 3 is 2.62 bits per heavy atom. The molecule has 2 N–H and O–H groups in total. The molecule has 0 radical (unpaired) electrons. The van der Waals surface area contributed by atoms with Gasteiger partial charge in [-0.2, -0.15) is 13.2 Å². The van der Waals surface area contributed by atoms with E-state index in [1.54, 1.807) is 6.07 Å². The van der Waals surface area contributed by atoms with Gasteiger partial charge in [-0.25, -0.2) is 15.0 Å². The summed E-state index contributed by atoms with van der Waals surface area (Å²) >= 11 is 8.75. The van der Waals surface area contributed by atoms with Crippen LogP contribution in [-0.2, 0) is 12.7 Å². The number of benzene rings is 2. The average Bonchev–Trinajstić information content (AvgIpc) is 3.68. The molecule has 1 fully saturated rings. The van der Waals surface area contributed by atoms with E-state index in [0.29, 0.717) is 37.6 Å². The van der Waals surface area contributed by atoms with Crippen molar-refractivity contribution in [3.63, 3.8) is 0 Å². The molecule has 13 heteroatoms. The molecule has 2 aromatic carbocycles. The lowest BCUT2D eigenvalue weighted by Gasteiger charge is -2.17. The minimum Gasteiger partial charge on any atom is -0.505 e. The largest absolute Gasteiger partial charge is 0.505 e. The highest BCUT2D eigenvalue weighted by Gasteiger charge is 2.34. The fraction of sp³-hybridized carbons (Fsp3) is 0.231. The number of hydrogen-bond acceptors (Lipinski definition) is 8. The second kappa shape index (κ2) is 9.68. The summed E-state index contributed by atoms with van der Waals surface area (Å²) in [5, 5.41) is 11.5. The number of thiophene rings is 1. The molecule has 0 saturated heterocycles. The monoisotopic (exact) mass is 589 g/mol. The van der Waals surface area contributed by atoms with Gasteiger partial charge in [0.15, 0.2) is 5.75 Å². The molecule has 0 bridgehead atoms. The highest BCUT2D eigenvalue weighted by Crippen LogP contribution is 2.46. The van der Waals surface area contributed by atoms with Crippen molar-refractivity contribution in [2.45, 2.75) is 31.5 Å². The van der Waals surface area contributed by atoms with Crippen LogP contribution in [-0.4, -0.2) is 30.9 Å². The Morgan fingerprint density at radius 1 is 1.21 bits per heavy atom. The first-order valence-electron chi connectivity index (χ1n) is 11.8. The Morgan fingerprint density at radius 2 is 1.95 bits per heavy atom. The van der Waals surface area contributed by atoms with Crippen molar-refractivity contribution in [2.24, 2.45) is 0 Å². The highest BCUT2D eigenvalue weighted by atomic mass is 35.5. The predicted octanol–water partition coefficient (Wildman–Crippen LogP) is 7.06. The normalized spacial score (nSPS) is 13.9. The van der Waals surface area contributed by atoms with Crippen LogP contribution in [0.2, 0.25) is 5.02 Å². The number of halogens is 4. The molecule has 3 aromatic heterocycles. The number of aromatic hydroxyl groups is 1. The molecule has 0 aliphatic heterocycles. The molecule has 200 valence electrons. The number of nitrogens with zero attached hydrogens (tertiary/aromatic N) is 4. The van der Waals surface area contributed by atoms with Crippen molar-refractivity contribution in [3.8, 4) is 17.1 Å². The van der Waals surface area contributed by atoms with Crippen LogP contribution in [0.15, 0.2) is 47.5 Å². The smallest absolute Gasteiger partial charge is 0.451 e. The molecule has 3 heterocycles. The third kappa shape index (κ3) is 4.70. The first kappa shape index (κ1) is 25.9. The molecule has 0 amide bonds. The number of hydrogen-bond donors (Lipinski definition) is 2. The average molecular weight is 590 g/mol. The standard InChI is InChI=1S/C26H19ClF3N5O2S2/c1-38-34-14-4-5-15(17(8-14)13-2-3-13)22-33-23-19(16-6-7-18(27)20(36)21(16)39-23)24(37)35(22)11-12-9-31-25(32-10-12)26(28,29)30/h4-10,13,34,36H,2-3,11H2,1H3. The molecule has 1 aliphatic carbocycles. The van der Waals surface area contributed by atoms with E-state index in [4.69, 9.17) is 16.6 Å². The maximum absolute atomic E-state index is 14.1. The van der Waals surface area contributed by atoms with Gasteiger partial charge in [-0.1, -0.05) is 29.6 Å². The number of rotatable bonds is 6. The van der Waals surface area contributed by atoms with E-state index in [2.05, 4.69) is 14.7 Å². The van der Waals surface area contributed by atoms with Crippen molar-refractivity contribution in [1.82, 2.24) is 19.5 Å². The van der Waals surface area contributed by atoms with Gasteiger partial charge in [-0.05, 0) is 48.6 Å². The molecule has 6 rings (SSSR count). The summed E-state index contributed by atoms with van der Waals surface area (Å²) in [5.41, 5.74) is 2.63. The SMILES string of the molecule is CSNc1ccc(-c2nc3sc4c(O)c(Cl)ccc4c3c(=O)n2Cc2cnc(C(F)(F)F)nc2)c(C2CC2)c1. The second-order valence-electron chi connectivity index (χ2n) is 9.18. The zero-order chi connectivity index (χ0) is 27.5. The van der Waals surface area contributed by atoms with Gasteiger partial charge in [0.2, 0.25) is 5.82 Å². The van der Waals surface area contributed by atoms with Gasteiger partial charge in [0.25, 0.3) is 5.56 Å². The summed E-state index contributed by atoms with van der Waals surface area (Å²) in [6, 6.07) is 9.01. The Balaban J connectivity index is 1.59. The van der Waals surface area contributed by atoms with Gasteiger partial charge in [0.1, 0.15) is 10.7 Å². The lowest BCUT2D eigenvalue weighted by Crippen LogP contribution is -2.24. The summed E-state index contributed by atoms with van der Waals surface area (Å²) in [6.07, 6.45) is 1.40. The summed E-state index contributed by atoms with van der Waals surface area (Å²) in [5.74, 6) is -0.699. The lowest BCUT2D eigenvalue weighted by molar-refractivity contribution is -0.145. The van der Waals surface area contributed by atoms with Crippen molar-refractivity contribution in [2.75, 3.05) is 11.0 Å². The number of phenols is 1. The topological polar surface area (TPSA) is 92.9 Å². The summed E-state index contributed by atoms with van der Waals surface area (Å²) in [6.45, 7) is -0.0962. The van der Waals surface area contributed by atoms with Crippen LogP contribution in [0.3, 0.4) is 0 Å². The van der Waals surface area contributed by atoms with Crippen molar-refractivity contribution in [1.29, 1.82) is 0 Å². The van der Waals surface area contributed by atoms with Gasteiger partial charge < -0.3 is 9.83 Å². The van der Waals surface area contributed by atoms with Gasteiger partial charge in [-0.15, -0.1) is 11.3 Å². The zero-order valence-electron chi connectivity index (χ0n) is 20.2. The summed E-state index contributed by atoms with van der Waals surface area (Å²) in [4.78, 5) is 26.3. The highest BCUT2D eigenvalue weighted by molar-refractivity contribution is 7.99. The van der Waals surface area contributed by atoms with E-state index >= 15 is 0 Å². The Bertz CT molecular complexity index is 1800. The van der Waals surface area contributed by atoms with Crippen LogP contribution in [0.25, 0.3) is 31.7 Å². The molecular weight excluding hydrogens is 571 g/mol. The Labute approximate surface area is 232 Å². The van der Waals surface area contributed by atoms with Crippen molar-refractivity contribution < 1.29 is 18.3 Å². The Kier molecular flexibility index (Phi) is 6.43. The predicted molar refractivity (Wildman–Crippen MR) is 149 cm³/mol.